The van der Waals surface area contributed by atoms with Crippen molar-refractivity contribution in [3.8, 4) is 0 Å². The van der Waals surface area contributed by atoms with Gasteiger partial charge in [-0.15, -0.1) is 0 Å². The molecule has 0 aliphatic carbocycles. The van der Waals surface area contributed by atoms with Crippen molar-refractivity contribution in [3.63, 3.8) is 0 Å². The van der Waals surface area contributed by atoms with Crippen molar-refractivity contribution in [2.24, 2.45) is 0 Å². The summed E-state index contributed by atoms with van der Waals surface area (Å²) in [6.07, 6.45) is 1.46. The van der Waals surface area contributed by atoms with Gasteiger partial charge in [0.1, 0.15) is 18.1 Å². The van der Waals surface area contributed by atoms with Crippen LogP contribution < -0.4 is 10.6 Å². The van der Waals surface area contributed by atoms with Gasteiger partial charge < -0.3 is 15.4 Å². The van der Waals surface area contributed by atoms with Crippen molar-refractivity contribution in [2.75, 3.05) is 11.9 Å². The van der Waals surface area contributed by atoms with Crippen LogP contribution in [-0.4, -0.2) is 18.6 Å². The molecule has 0 radical (unpaired) electrons. The second-order valence-corrected chi connectivity index (χ2v) is 3.30. The molecular weight excluding hydrogens is 227 g/mol. The average Bonchev–Trinajstić information content (AvgIpc) is 2.68. The second kappa shape index (κ2) is 4.65. The van der Waals surface area contributed by atoms with E-state index >= 15 is 0 Å². The van der Waals surface area contributed by atoms with Crippen molar-refractivity contribution in [1.82, 2.24) is 5.32 Å². The first-order chi connectivity index (χ1) is 8.15. The summed E-state index contributed by atoms with van der Waals surface area (Å²) >= 11 is 0. The maximum atomic E-state index is 12.6. The van der Waals surface area contributed by atoms with Gasteiger partial charge in [0.05, 0.1) is 0 Å². The largest absolute Gasteiger partial charge is 0.457 e. The van der Waals surface area contributed by atoms with E-state index in [4.69, 9.17) is 0 Å². The number of esters is 1. The smallest absolute Gasteiger partial charge is 0.354 e. The fourth-order valence-corrected chi connectivity index (χ4v) is 1.28. The number of cyclic esters (lactones) is 1. The molecule has 0 bridgehead atoms. The molecule has 0 fully saturated rings. The highest BCUT2D eigenvalue weighted by molar-refractivity contribution is 5.98. The van der Waals surface area contributed by atoms with E-state index in [2.05, 4.69) is 15.4 Å². The number of hydrogen-bond donors (Lipinski definition) is 2. The zero-order valence-electron chi connectivity index (χ0n) is 8.70. The van der Waals surface area contributed by atoms with E-state index in [-0.39, 0.29) is 12.3 Å². The highest BCUT2D eigenvalue weighted by Gasteiger charge is 2.18. The minimum atomic E-state index is -0.582. The lowest BCUT2D eigenvalue weighted by molar-refractivity contribution is -0.136. The molecule has 17 heavy (non-hydrogen) atoms. The number of amides is 2. The molecule has 2 amide bonds. The van der Waals surface area contributed by atoms with Gasteiger partial charge in [-0.3, -0.25) is 0 Å². The van der Waals surface area contributed by atoms with Crippen LogP contribution in [0, 0.1) is 5.82 Å². The summed E-state index contributed by atoms with van der Waals surface area (Å²) in [6, 6.07) is 4.69. The molecule has 0 unspecified atom stereocenters. The first-order valence-corrected chi connectivity index (χ1v) is 4.86. The molecule has 1 aliphatic rings. The summed E-state index contributed by atoms with van der Waals surface area (Å²) in [5.41, 5.74) is 0.528. The average molecular weight is 236 g/mol. The van der Waals surface area contributed by atoms with Gasteiger partial charge in [0, 0.05) is 5.69 Å². The fraction of sp³-hybridized carbons (Fsp3) is 0.0909. The molecule has 0 aromatic heterocycles. The lowest BCUT2D eigenvalue weighted by Gasteiger charge is -2.06. The third-order valence-corrected chi connectivity index (χ3v) is 2.07. The van der Waals surface area contributed by atoms with Crippen LogP contribution in [0.3, 0.4) is 0 Å². The minimum absolute atomic E-state index is 0.101. The van der Waals surface area contributed by atoms with E-state index < -0.39 is 17.8 Å². The summed E-state index contributed by atoms with van der Waals surface area (Å²) in [7, 11) is 0. The van der Waals surface area contributed by atoms with Gasteiger partial charge in [-0.25, -0.2) is 14.0 Å². The zero-order chi connectivity index (χ0) is 12.3. The van der Waals surface area contributed by atoms with E-state index in [1.165, 1.54) is 30.3 Å². The molecule has 0 spiro atoms. The fourth-order valence-electron chi connectivity index (χ4n) is 1.28. The van der Waals surface area contributed by atoms with Crippen LogP contribution >= 0.6 is 0 Å². The summed E-state index contributed by atoms with van der Waals surface area (Å²) in [5, 5.41) is 4.79. The lowest BCUT2D eigenvalue weighted by Crippen LogP contribution is -2.30. The molecule has 2 N–H and O–H groups in total. The molecule has 6 heteroatoms. The Morgan fingerprint density at radius 1 is 1.24 bits per heavy atom. The molecule has 0 atom stereocenters. The van der Waals surface area contributed by atoms with Crippen LogP contribution in [0.25, 0.3) is 0 Å². The number of nitrogens with one attached hydrogen (secondary N) is 2. The normalized spacial score (nSPS) is 13.9. The maximum absolute atomic E-state index is 12.6. The van der Waals surface area contributed by atoms with E-state index in [1.807, 2.05) is 0 Å². The topological polar surface area (TPSA) is 67.4 Å². The Bertz CT molecular complexity index is 482. The first-order valence-electron chi connectivity index (χ1n) is 4.86. The Morgan fingerprint density at radius 2 is 1.94 bits per heavy atom. The SMILES string of the molecule is O=C(NC1=CCOC1=O)Nc1ccc(F)cc1. The van der Waals surface area contributed by atoms with Gasteiger partial charge in [0.15, 0.2) is 0 Å². The van der Waals surface area contributed by atoms with Gasteiger partial charge in [-0.1, -0.05) is 0 Å². The standard InChI is InChI=1S/C11H9FN2O3/c12-7-1-3-8(4-2-7)13-11(16)14-9-5-6-17-10(9)15/h1-5H,6H2,(H2,13,14,16). The molecule has 88 valence electrons. The molecular formula is C11H9FN2O3. The van der Waals surface area contributed by atoms with Gasteiger partial charge in [-0.2, -0.15) is 0 Å². The predicted octanol–water partition coefficient (Wildman–Crippen LogP) is 1.39. The second-order valence-electron chi connectivity index (χ2n) is 3.30. The number of urea groups is 1. The van der Waals surface area contributed by atoms with Crippen LogP contribution in [0.4, 0.5) is 14.9 Å². The number of ether oxygens (including phenoxy) is 1. The van der Waals surface area contributed by atoms with Crippen LogP contribution in [0.15, 0.2) is 36.0 Å². The Labute approximate surface area is 96.3 Å². The number of hydrogen-bond acceptors (Lipinski definition) is 3. The van der Waals surface area contributed by atoms with Crippen molar-refractivity contribution >= 4 is 17.7 Å². The molecule has 0 saturated carbocycles. The Morgan fingerprint density at radius 3 is 2.53 bits per heavy atom. The minimum Gasteiger partial charge on any atom is -0.457 e. The number of carbonyl (C=O) groups is 2. The third kappa shape index (κ3) is 2.81. The van der Waals surface area contributed by atoms with Gasteiger partial charge in [0.25, 0.3) is 0 Å². The highest BCUT2D eigenvalue weighted by atomic mass is 19.1. The van der Waals surface area contributed by atoms with Gasteiger partial charge in [0.2, 0.25) is 0 Å². The van der Waals surface area contributed by atoms with Crippen molar-refractivity contribution in [2.45, 2.75) is 0 Å². The van der Waals surface area contributed by atoms with E-state index in [1.54, 1.807) is 0 Å². The molecule has 1 aromatic carbocycles. The van der Waals surface area contributed by atoms with Crippen LogP contribution in [0.5, 0.6) is 0 Å². The van der Waals surface area contributed by atoms with Crippen molar-refractivity contribution in [3.05, 3.63) is 41.9 Å². The van der Waals surface area contributed by atoms with Crippen molar-refractivity contribution < 1.29 is 18.7 Å². The monoisotopic (exact) mass is 236 g/mol. The predicted molar refractivity (Wildman–Crippen MR) is 57.6 cm³/mol. The summed E-state index contributed by atoms with van der Waals surface area (Å²) < 4.78 is 17.2. The summed E-state index contributed by atoms with van der Waals surface area (Å²) in [5.74, 6) is -0.961. The number of anilines is 1. The van der Waals surface area contributed by atoms with Crippen LogP contribution in [0.1, 0.15) is 0 Å². The Hall–Kier alpha value is -2.37. The highest BCUT2D eigenvalue weighted by Crippen LogP contribution is 2.09. The molecule has 2 rings (SSSR count). The van der Waals surface area contributed by atoms with E-state index in [9.17, 15) is 14.0 Å². The Balaban J connectivity index is 1.93. The maximum Gasteiger partial charge on any atom is 0.354 e. The van der Waals surface area contributed by atoms with Crippen molar-refractivity contribution in [1.29, 1.82) is 0 Å². The number of benzene rings is 1. The van der Waals surface area contributed by atoms with E-state index in [0.717, 1.165) is 0 Å². The van der Waals surface area contributed by atoms with Crippen LogP contribution in [-0.2, 0) is 9.53 Å². The molecule has 1 aromatic rings. The summed E-state index contributed by atoms with van der Waals surface area (Å²) in [4.78, 5) is 22.5. The molecule has 5 nitrogen and oxygen atoms in total. The molecule has 0 saturated heterocycles. The quantitative estimate of drug-likeness (QED) is 0.762. The number of rotatable bonds is 2. The van der Waals surface area contributed by atoms with Crippen LogP contribution in [0.2, 0.25) is 0 Å². The van der Waals surface area contributed by atoms with E-state index in [0.29, 0.717) is 5.69 Å². The first kappa shape index (κ1) is 11.1. The molecule has 1 heterocycles. The third-order valence-electron chi connectivity index (χ3n) is 2.07. The zero-order valence-corrected chi connectivity index (χ0v) is 8.70. The number of halogens is 1. The molecule has 1 aliphatic heterocycles. The summed E-state index contributed by atoms with van der Waals surface area (Å²) in [6.45, 7) is 0.158. The number of carbonyl (C=O) groups excluding carboxylic acids is 2. The Kier molecular flexibility index (Phi) is 3.04. The lowest BCUT2D eigenvalue weighted by atomic mass is 10.3. The van der Waals surface area contributed by atoms with Gasteiger partial charge >= 0.3 is 12.0 Å². The van der Waals surface area contributed by atoms with Gasteiger partial charge in [-0.05, 0) is 30.3 Å².